The van der Waals surface area contributed by atoms with Crippen molar-refractivity contribution < 1.29 is 19.1 Å². The van der Waals surface area contributed by atoms with Gasteiger partial charge in [0.1, 0.15) is 11.5 Å². The van der Waals surface area contributed by atoms with Crippen molar-refractivity contribution in [3.8, 4) is 11.5 Å². The van der Waals surface area contributed by atoms with Crippen LogP contribution in [-0.2, 0) is 4.79 Å². The Morgan fingerprint density at radius 1 is 1.17 bits per heavy atom. The summed E-state index contributed by atoms with van der Waals surface area (Å²) in [5.74, 6) is 0.114. The molecule has 1 atom stereocenters. The molecule has 0 radical (unpaired) electrons. The molecule has 2 aromatic carbocycles. The van der Waals surface area contributed by atoms with Gasteiger partial charge >= 0.3 is 0 Å². The van der Waals surface area contributed by atoms with E-state index >= 15 is 0 Å². The molecule has 6 nitrogen and oxygen atoms in total. The van der Waals surface area contributed by atoms with Crippen LogP contribution in [0.4, 0.5) is 5.69 Å². The Bertz CT molecular complexity index is 747. The zero-order valence-electron chi connectivity index (χ0n) is 13.2. The van der Waals surface area contributed by atoms with Crippen LogP contribution >= 0.6 is 11.6 Å². The number of amides is 2. The summed E-state index contributed by atoms with van der Waals surface area (Å²) >= 11 is 6.02. The molecule has 0 bridgehead atoms. The molecule has 2 amide bonds. The Kier molecular flexibility index (Phi) is 5.65. The van der Waals surface area contributed by atoms with Crippen LogP contribution < -0.4 is 20.5 Å². The van der Waals surface area contributed by atoms with Gasteiger partial charge in [-0.3, -0.25) is 9.59 Å². The molecule has 1 unspecified atom stereocenters. The maximum atomic E-state index is 12.2. The van der Waals surface area contributed by atoms with Crippen molar-refractivity contribution in [2.45, 2.75) is 13.0 Å². The summed E-state index contributed by atoms with van der Waals surface area (Å²) in [6.07, 6.45) is -0.745. The number of ether oxygens (including phenoxy) is 2. The molecule has 126 valence electrons. The number of carbonyl (C=O) groups is 2. The van der Waals surface area contributed by atoms with Gasteiger partial charge in [0, 0.05) is 11.3 Å². The minimum absolute atomic E-state index is 0.338. The normalized spacial score (nSPS) is 11.5. The van der Waals surface area contributed by atoms with Crippen molar-refractivity contribution in [3.05, 3.63) is 53.1 Å². The van der Waals surface area contributed by atoms with Crippen LogP contribution in [0.3, 0.4) is 0 Å². The summed E-state index contributed by atoms with van der Waals surface area (Å²) in [4.78, 5) is 23.2. The average molecular weight is 349 g/mol. The lowest BCUT2D eigenvalue weighted by Gasteiger charge is -2.15. The third-order valence-electron chi connectivity index (χ3n) is 3.24. The van der Waals surface area contributed by atoms with Gasteiger partial charge in [-0.2, -0.15) is 0 Å². The fourth-order valence-electron chi connectivity index (χ4n) is 1.94. The van der Waals surface area contributed by atoms with Gasteiger partial charge in [0.05, 0.1) is 12.1 Å². The van der Waals surface area contributed by atoms with E-state index in [9.17, 15) is 9.59 Å². The van der Waals surface area contributed by atoms with Crippen molar-refractivity contribution in [1.82, 2.24) is 0 Å². The van der Waals surface area contributed by atoms with Crippen LogP contribution in [0, 0.1) is 0 Å². The fourth-order valence-corrected chi connectivity index (χ4v) is 2.20. The highest BCUT2D eigenvalue weighted by atomic mass is 35.5. The minimum Gasteiger partial charge on any atom is -0.495 e. The van der Waals surface area contributed by atoms with Crippen LogP contribution in [0.2, 0.25) is 5.02 Å². The SMILES string of the molecule is COc1ccc(NC(=O)C(C)Oc2ccc(C(N)=O)cc2)cc1Cl. The lowest BCUT2D eigenvalue weighted by molar-refractivity contribution is -0.122. The zero-order chi connectivity index (χ0) is 17.7. The van der Waals surface area contributed by atoms with E-state index in [1.807, 2.05) is 0 Å². The van der Waals surface area contributed by atoms with Crippen molar-refractivity contribution >= 4 is 29.1 Å². The van der Waals surface area contributed by atoms with Crippen LogP contribution in [0.25, 0.3) is 0 Å². The number of hydrogen-bond acceptors (Lipinski definition) is 4. The molecule has 24 heavy (non-hydrogen) atoms. The molecule has 0 fully saturated rings. The van der Waals surface area contributed by atoms with Crippen LogP contribution in [0.15, 0.2) is 42.5 Å². The monoisotopic (exact) mass is 348 g/mol. The van der Waals surface area contributed by atoms with Crippen molar-refractivity contribution in [1.29, 1.82) is 0 Å². The van der Waals surface area contributed by atoms with Crippen LogP contribution in [-0.4, -0.2) is 25.0 Å². The molecule has 3 N–H and O–H groups in total. The third kappa shape index (κ3) is 4.39. The summed E-state index contributed by atoms with van der Waals surface area (Å²) in [6, 6.07) is 11.1. The maximum absolute atomic E-state index is 12.2. The minimum atomic E-state index is -0.745. The first-order valence-corrected chi connectivity index (χ1v) is 7.49. The van der Waals surface area contributed by atoms with E-state index in [2.05, 4.69) is 5.32 Å². The van der Waals surface area contributed by atoms with Gasteiger partial charge < -0.3 is 20.5 Å². The quantitative estimate of drug-likeness (QED) is 0.839. The van der Waals surface area contributed by atoms with Crippen LogP contribution in [0.1, 0.15) is 17.3 Å². The third-order valence-corrected chi connectivity index (χ3v) is 3.54. The average Bonchev–Trinajstić information content (AvgIpc) is 2.55. The standard InChI is InChI=1S/C17H17ClN2O4/c1-10(24-13-6-3-11(4-7-13)16(19)21)17(22)20-12-5-8-15(23-2)14(18)9-12/h3-10H,1-2H3,(H2,19,21)(H,20,22). The first-order chi connectivity index (χ1) is 11.4. The van der Waals surface area contributed by atoms with Crippen molar-refractivity contribution in [3.63, 3.8) is 0 Å². The highest BCUT2D eigenvalue weighted by molar-refractivity contribution is 6.32. The van der Waals surface area contributed by atoms with E-state index in [0.29, 0.717) is 27.8 Å². The van der Waals surface area contributed by atoms with Gasteiger partial charge in [-0.15, -0.1) is 0 Å². The molecule has 0 aliphatic carbocycles. The Morgan fingerprint density at radius 3 is 2.38 bits per heavy atom. The van der Waals surface area contributed by atoms with E-state index in [4.69, 9.17) is 26.8 Å². The highest BCUT2D eigenvalue weighted by Crippen LogP contribution is 2.27. The Balaban J connectivity index is 1.99. The molecule has 0 saturated heterocycles. The molecule has 7 heteroatoms. The molecular formula is C17H17ClN2O4. The summed E-state index contributed by atoms with van der Waals surface area (Å²) in [5, 5.41) is 3.10. The fraction of sp³-hybridized carbons (Fsp3) is 0.176. The molecule has 2 aromatic rings. The van der Waals surface area contributed by atoms with Gasteiger partial charge in [-0.05, 0) is 49.4 Å². The van der Waals surface area contributed by atoms with Gasteiger partial charge in [-0.25, -0.2) is 0 Å². The lowest BCUT2D eigenvalue weighted by Crippen LogP contribution is -2.30. The van der Waals surface area contributed by atoms with E-state index < -0.39 is 12.0 Å². The van der Waals surface area contributed by atoms with E-state index in [-0.39, 0.29) is 5.91 Å². The van der Waals surface area contributed by atoms with Gasteiger partial charge in [0.15, 0.2) is 6.10 Å². The van der Waals surface area contributed by atoms with Gasteiger partial charge in [0.25, 0.3) is 5.91 Å². The molecule has 2 rings (SSSR count). The highest BCUT2D eigenvalue weighted by Gasteiger charge is 2.15. The van der Waals surface area contributed by atoms with Gasteiger partial charge in [-0.1, -0.05) is 11.6 Å². The second-order valence-electron chi connectivity index (χ2n) is 4.99. The number of nitrogens with two attached hydrogens (primary N) is 1. The topological polar surface area (TPSA) is 90.7 Å². The Morgan fingerprint density at radius 2 is 1.83 bits per heavy atom. The van der Waals surface area contributed by atoms with Crippen LogP contribution in [0.5, 0.6) is 11.5 Å². The Hall–Kier alpha value is -2.73. The van der Waals surface area contributed by atoms with Gasteiger partial charge in [0.2, 0.25) is 5.91 Å². The number of halogens is 1. The zero-order valence-corrected chi connectivity index (χ0v) is 14.0. The van der Waals surface area contributed by atoms with E-state index in [1.54, 1.807) is 37.3 Å². The summed E-state index contributed by atoms with van der Waals surface area (Å²) in [7, 11) is 1.51. The molecular weight excluding hydrogens is 332 g/mol. The lowest BCUT2D eigenvalue weighted by atomic mass is 10.2. The number of benzene rings is 2. The molecule has 0 aromatic heterocycles. The number of rotatable bonds is 6. The van der Waals surface area contributed by atoms with E-state index in [1.165, 1.54) is 19.2 Å². The molecule has 0 heterocycles. The Labute approximate surface area is 144 Å². The van der Waals surface area contributed by atoms with E-state index in [0.717, 1.165) is 0 Å². The second-order valence-corrected chi connectivity index (χ2v) is 5.39. The smallest absolute Gasteiger partial charge is 0.265 e. The number of primary amides is 1. The predicted octanol–water partition coefficient (Wildman–Crippen LogP) is 2.85. The number of hydrogen-bond donors (Lipinski definition) is 2. The van der Waals surface area contributed by atoms with Crippen molar-refractivity contribution in [2.24, 2.45) is 5.73 Å². The first kappa shape index (κ1) is 17.6. The number of methoxy groups -OCH3 is 1. The summed E-state index contributed by atoms with van der Waals surface area (Å²) < 4.78 is 10.6. The molecule has 0 aliphatic heterocycles. The number of nitrogens with one attached hydrogen (secondary N) is 1. The first-order valence-electron chi connectivity index (χ1n) is 7.11. The molecule has 0 aliphatic rings. The summed E-state index contributed by atoms with van der Waals surface area (Å²) in [6.45, 7) is 1.61. The molecule has 0 spiro atoms. The largest absolute Gasteiger partial charge is 0.495 e. The second kappa shape index (κ2) is 7.70. The number of carbonyl (C=O) groups excluding carboxylic acids is 2. The number of anilines is 1. The predicted molar refractivity (Wildman–Crippen MR) is 91.7 cm³/mol. The van der Waals surface area contributed by atoms with Crippen molar-refractivity contribution in [2.75, 3.05) is 12.4 Å². The summed E-state index contributed by atoms with van der Waals surface area (Å²) in [5.41, 5.74) is 6.07. The maximum Gasteiger partial charge on any atom is 0.265 e. The molecule has 0 saturated carbocycles.